The summed E-state index contributed by atoms with van der Waals surface area (Å²) < 4.78 is 12.4. The standard InChI is InChI=1S/C16H22N4O4/c1-19-5-4-17-14(16(19)22)18-9-13-10-20(6-8-24-13)15(21)12-3-2-7-23-11-12/h4-5,11,13H,2-3,6-10H2,1H3,(H,17,18). The van der Waals surface area contributed by atoms with Crippen LogP contribution < -0.4 is 10.9 Å². The number of nitrogens with one attached hydrogen (secondary N) is 1. The minimum absolute atomic E-state index is 0.0109. The van der Waals surface area contributed by atoms with Crippen molar-refractivity contribution in [1.82, 2.24) is 14.5 Å². The fourth-order valence-electron chi connectivity index (χ4n) is 2.78. The van der Waals surface area contributed by atoms with Gasteiger partial charge in [-0.2, -0.15) is 0 Å². The molecule has 24 heavy (non-hydrogen) atoms. The number of carbonyl (C=O) groups is 1. The van der Waals surface area contributed by atoms with Gasteiger partial charge in [0.05, 0.1) is 31.2 Å². The summed E-state index contributed by atoms with van der Waals surface area (Å²) in [6.07, 6.45) is 6.19. The van der Waals surface area contributed by atoms with Gasteiger partial charge in [0.1, 0.15) is 0 Å². The Morgan fingerprint density at radius 1 is 1.46 bits per heavy atom. The maximum absolute atomic E-state index is 12.5. The van der Waals surface area contributed by atoms with Crippen LogP contribution in [0.1, 0.15) is 12.8 Å². The molecular weight excluding hydrogens is 312 g/mol. The van der Waals surface area contributed by atoms with E-state index in [2.05, 4.69) is 10.3 Å². The number of hydrogen-bond donors (Lipinski definition) is 1. The smallest absolute Gasteiger partial charge is 0.293 e. The summed E-state index contributed by atoms with van der Waals surface area (Å²) in [4.78, 5) is 30.3. The van der Waals surface area contributed by atoms with E-state index >= 15 is 0 Å². The van der Waals surface area contributed by atoms with Gasteiger partial charge in [0.25, 0.3) is 11.5 Å². The van der Waals surface area contributed by atoms with Crippen LogP contribution in [0.3, 0.4) is 0 Å². The minimum Gasteiger partial charge on any atom is -0.501 e. The Morgan fingerprint density at radius 2 is 2.33 bits per heavy atom. The Morgan fingerprint density at radius 3 is 3.12 bits per heavy atom. The first-order chi connectivity index (χ1) is 11.6. The lowest BCUT2D eigenvalue weighted by Crippen LogP contribution is -2.48. The van der Waals surface area contributed by atoms with Crippen molar-refractivity contribution in [2.75, 3.05) is 38.2 Å². The normalized spacial score (nSPS) is 21.0. The van der Waals surface area contributed by atoms with E-state index in [-0.39, 0.29) is 23.4 Å². The van der Waals surface area contributed by atoms with Crippen molar-refractivity contribution in [3.05, 3.63) is 34.6 Å². The van der Waals surface area contributed by atoms with Gasteiger partial charge in [0, 0.05) is 39.1 Å². The molecule has 1 N–H and O–H groups in total. The molecule has 8 nitrogen and oxygen atoms in total. The lowest BCUT2D eigenvalue weighted by molar-refractivity contribution is -0.134. The highest BCUT2D eigenvalue weighted by Crippen LogP contribution is 2.17. The highest BCUT2D eigenvalue weighted by atomic mass is 16.5. The molecule has 2 aliphatic rings. The Kier molecular flexibility index (Phi) is 5.14. The molecule has 1 fully saturated rings. The number of anilines is 1. The third-order valence-electron chi connectivity index (χ3n) is 4.15. The lowest BCUT2D eigenvalue weighted by Gasteiger charge is -2.34. The number of rotatable bonds is 4. The van der Waals surface area contributed by atoms with E-state index in [1.54, 1.807) is 30.6 Å². The summed E-state index contributed by atoms with van der Waals surface area (Å²) in [6.45, 7) is 2.62. The molecule has 1 atom stereocenters. The average Bonchev–Trinajstić information content (AvgIpc) is 2.63. The number of aromatic nitrogens is 2. The number of amides is 1. The second-order valence-corrected chi connectivity index (χ2v) is 5.93. The second kappa shape index (κ2) is 7.48. The highest BCUT2D eigenvalue weighted by molar-refractivity contribution is 5.93. The fraction of sp³-hybridized carbons (Fsp3) is 0.562. The molecule has 3 rings (SSSR count). The number of ether oxygens (including phenoxy) is 2. The molecule has 1 aromatic heterocycles. The molecule has 1 amide bonds. The van der Waals surface area contributed by atoms with Gasteiger partial charge in [-0.3, -0.25) is 9.59 Å². The third kappa shape index (κ3) is 3.76. The van der Waals surface area contributed by atoms with Crippen LogP contribution in [0.25, 0.3) is 0 Å². The maximum Gasteiger partial charge on any atom is 0.293 e. The van der Waals surface area contributed by atoms with E-state index in [1.807, 2.05) is 0 Å². The summed E-state index contributed by atoms with van der Waals surface area (Å²) in [5, 5.41) is 3.02. The maximum atomic E-state index is 12.5. The second-order valence-electron chi connectivity index (χ2n) is 5.93. The monoisotopic (exact) mass is 334 g/mol. The van der Waals surface area contributed by atoms with Crippen LogP contribution in [0, 0.1) is 0 Å². The van der Waals surface area contributed by atoms with Crippen LogP contribution in [0.15, 0.2) is 29.0 Å². The number of morpholine rings is 1. The summed E-state index contributed by atoms with van der Waals surface area (Å²) in [5.74, 6) is 0.298. The topological polar surface area (TPSA) is 85.7 Å². The SMILES string of the molecule is Cn1ccnc(NCC2CN(C(=O)C3=COCCC3)CCO2)c1=O. The summed E-state index contributed by atoms with van der Waals surface area (Å²) in [6, 6.07) is 0. The Bertz CT molecular complexity index is 685. The first kappa shape index (κ1) is 16.5. The molecule has 130 valence electrons. The van der Waals surface area contributed by atoms with Gasteiger partial charge < -0.3 is 24.3 Å². The Balaban J connectivity index is 1.57. The molecule has 0 aromatic carbocycles. The summed E-state index contributed by atoms with van der Waals surface area (Å²) in [7, 11) is 1.67. The van der Waals surface area contributed by atoms with E-state index in [0.29, 0.717) is 38.4 Å². The fourth-order valence-corrected chi connectivity index (χ4v) is 2.78. The van der Waals surface area contributed by atoms with Crippen molar-refractivity contribution < 1.29 is 14.3 Å². The average molecular weight is 334 g/mol. The molecule has 0 aliphatic carbocycles. The van der Waals surface area contributed by atoms with E-state index in [9.17, 15) is 9.59 Å². The molecule has 8 heteroatoms. The van der Waals surface area contributed by atoms with Crippen LogP contribution >= 0.6 is 0 Å². The van der Waals surface area contributed by atoms with E-state index in [0.717, 1.165) is 12.8 Å². The molecule has 3 heterocycles. The third-order valence-corrected chi connectivity index (χ3v) is 4.15. The molecule has 1 saturated heterocycles. The van der Waals surface area contributed by atoms with Crippen molar-refractivity contribution in [3.63, 3.8) is 0 Å². The molecule has 0 saturated carbocycles. The van der Waals surface area contributed by atoms with E-state index in [4.69, 9.17) is 9.47 Å². The number of carbonyl (C=O) groups excluding carboxylic acids is 1. The summed E-state index contributed by atoms with van der Waals surface area (Å²) in [5.41, 5.74) is 0.527. The predicted octanol–water partition coefficient (Wildman–Crippen LogP) is 0.114. The van der Waals surface area contributed by atoms with Crippen molar-refractivity contribution in [1.29, 1.82) is 0 Å². The summed E-state index contributed by atoms with van der Waals surface area (Å²) >= 11 is 0. The quantitative estimate of drug-likeness (QED) is 0.841. The molecule has 1 unspecified atom stereocenters. The van der Waals surface area contributed by atoms with Gasteiger partial charge >= 0.3 is 0 Å². The van der Waals surface area contributed by atoms with Gasteiger partial charge in [0.2, 0.25) is 0 Å². The van der Waals surface area contributed by atoms with Crippen LogP contribution in [0.5, 0.6) is 0 Å². The van der Waals surface area contributed by atoms with Crippen molar-refractivity contribution in [2.45, 2.75) is 18.9 Å². The molecular formula is C16H22N4O4. The van der Waals surface area contributed by atoms with Crippen molar-refractivity contribution in [2.24, 2.45) is 7.05 Å². The van der Waals surface area contributed by atoms with Crippen LogP contribution in [-0.4, -0.2) is 59.3 Å². The van der Waals surface area contributed by atoms with Crippen molar-refractivity contribution in [3.8, 4) is 0 Å². The molecule has 0 spiro atoms. The zero-order chi connectivity index (χ0) is 16.9. The number of nitrogens with zero attached hydrogens (tertiary/aromatic N) is 3. The van der Waals surface area contributed by atoms with Gasteiger partial charge in [-0.1, -0.05) is 0 Å². The zero-order valence-electron chi connectivity index (χ0n) is 13.7. The van der Waals surface area contributed by atoms with Crippen molar-refractivity contribution >= 4 is 11.7 Å². The molecule has 0 bridgehead atoms. The van der Waals surface area contributed by atoms with Gasteiger partial charge in [-0.15, -0.1) is 0 Å². The molecule has 0 radical (unpaired) electrons. The Labute approximate surface area is 140 Å². The van der Waals surface area contributed by atoms with Gasteiger partial charge in [0.15, 0.2) is 5.82 Å². The highest BCUT2D eigenvalue weighted by Gasteiger charge is 2.27. The van der Waals surface area contributed by atoms with Gasteiger partial charge in [-0.25, -0.2) is 4.98 Å². The van der Waals surface area contributed by atoms with Crippen LogP contribution in [0.2, 0.25) is 0 Å². The molecule has 1 aromatic rings. The number of aryl methyl sites for hydroxylation is 1. The minimum atomic E-state index is -0.189. The van der Waals surface area contributed by atoms with Crippen LogP contribution in [-0.2, 0) is 21.3 Å². The number of hydrogen-bond acceptors (Lipinski definition) is 6. The first-order valence-electron chi connectivity index (χ1n) is 8.12. The van der Waals surface area contributed by atoms with Gasteiger partial charge in [-0.05, 0) is 12.8 Å². The van der Waals surface area contributed by atoms with Crippen LogP contribution in [0.4, 0.5) is 5.82 Å². The van der Waals surface area contributed by atoms with E-state index < -0.39 is 0 Å². The Hall–Kier alpha value is -2.35. The predicted molar refractivity (Wildman–Crippen MR) is 87.6 cm³/mol. The lowest BCUT2D eigenvalue weighted by atomic mass is 10.1. The first-order valence-corrected chi connectivity index (χ1v) is 8.12. The molecule has 2 aliphatic heterocycles. The van der Waals surface area contributed by atoms with E-state index in [1.165, 1.54) is 4.57 Å². The largest absolute Gasteiger partial charge is 0.501 e. The zero-order valence-corrected chi connectivity index (χ0v) is 13.7.